The van der Waals surface area contributed by atoms with Gasteiger partial charge in [-0.2, -0.15) is 0 Å². The summed E-state index contributed by atoms with van der Waals surface area (Å²) >= 11 is 12.1. The largest absolute Gasteiger partial charge is 0.349 e. The SMILES string of the molecule is CN(C)C(=O)C1CCCN(C(=O)Cc2cc(Cl)ccc2Cl)C1. The third kappa shape index (κ3) is 4.14. The summed E-state index contributed by atoms with van der Waals surface area (Å²) in [5.74, 6) is -0.0405. The maximum atomic E-state index is 12.5. The highest BCUT2D eigenvalue weighted by molar-refractivity contribution is 6.33. The zero-order chi connectivity index (χ0) is 16.3. The normalized spacial score (nSPS) is 18.2. The van der Waals surface area contributed by atoms with Gasteiger partial charge in [0, 0.05) is 37.2 Å². The van der Waals surface area contributed by atoms with Crippen molar-refractivity contribution in [3.8, 4) is 0 Å². The predicted molar refractivity (Wildman–Crippen MR) is 88.2 cm³/mol. The summed E-state index contributed by atoms with van der Waals surface area (Å²) in [5, 5.41) is 1.10. The zero-order valence-corrected chi connectivity index (χ0v) is 14.3. The van der Waals surface area contributed by atoms with Gasteiger partial charge >= 0.3 is 0 Å². The second-order valence-corrected chi connectivity index (χ2v) is 6.67. The van der Waals surface area contributed by atoms with Crippen LogP contribution in [-0.2, 0) is 16.0 Å². The van der Waals surface area contributed by atoms with E-state index in [1.807, 2.05) is 0 Å². The summed E-state index contributed by atoms with van der Waals surface area (Å²) in [5.41, 5.74) is 0.722. The van der Waals surface area contributed by atoms with Crippen molar-refractivity contribution in [1.82, 2.24) is 9.80 Å². The first-order valence-electron chi connectivity index (χ1n) is 7.31. The monoisotopic (exact) mass is 342 g/mol. The predicted octanol–water partition coefficient (Wildman–Crippen LogP) is 2.86. The fraction of sp³-hybridized carbons (Fsp3) is 0.500. The molecule has 0 bridgehead atoms. The van der Waals surface area contributed by atoms with E-state index in [9.17, 15) is 9.59 Å². The molecule has 1 aromatic rings. The van der Waals surface area contributed by atoms with Crippen molar-refractivity contribution >= 4 is 35.0 Å². The van der Waals surface area contributed by atoms with Crippen LogP contribution in [0.25, 0.3) is 0 Å². The third-order valence-corrected chi connectivity index (χ3v) is 4.52. The summed E-state index contributed by atoms with van der Waals surface area (Å²) in [6.45, 7) is 1.17. The molecule has 0 aliphatic carbocycles. The van der Waals surface area contributed by atoms with Crippen LogP contribution >= 0.6 is 23.2 Å². The summed E-state index contributed by atoms with van der Waals surface area (Å²) < 4.78 is 0. The van der Waals surface area contributed by atoms with E-state index in [4.69, 9.17) is 23.2 Å². The molecule has 1 heterocycles. The highest BCUT2D eigenvalue weighted by atomic mass is 35.5. The van der Waals surface area contributed by atoms with Crippen molar-refractivity contribution in [2.24, 2.45) is 5.92 Å². The molecule has 1 fully saturated rings. The van der Waals surface area contributed by atoms with E-state index >= 15 is 0 Å². The Morgan fingerprint density at radius 1 is 1.32 bits per heavy atom. The van der Waals surface area contributed by atoms with Gasteiger partial charge in [0.05, 0.1) is 12.3 Å². The first-order valence-corrected chi connectivity index (χ1v) is 8.07. The number of rotatable bonds is 3. The van der Waals surface area contributed by atoms with E-state index < -0.39 is 0 Å². The molecular weight excluding hydrogens is 323 g/mol. The molecule has 22 heavy (non-hydrogen) atoms. The molecule has 1 unspecified atom stereocenters. The van der Waals surface area contributed by atoms with Gasteiger partial charge in [-0.15, -0.1) is 0 Å². The van der Waals surface area contributed by atoms with E-state index in [1.54, 1.807) is 42.1 Å². The van der Waals surface area contributed by atoms with E-state index in [0.717, 1.165) is 18.4 Å². The molecule has 1 atom stereocenters. The van der Waals surface area contributed by atoms with E-state index in [1.165, 1.54) is 0 Å². The molecule has 120 valence electrons. The molecule has 6 heteroatoms. The topological polar surface area (TPSA) is 40.6 Å². The minimum Gasteiger partial charge on any atom is -0.349 e. The summed E-state index contributed by atoms with van der Waals surface area (Å²) in [7, 11) is 3.49. The van der Waals surface area contributed by atoms with Crippen LogP contribution in [0.15, 0.2) is 18.2 Å². The molecule has 0 saturated carbocycles. The lowest BCUT2D eigenvalue weighted by atomic mass is 9.96. The minimum atomic E-state index is -0.109. The minimum absolute atomic E-state index is 0.0135. The van der Waals surface area contributed by atoms with E-state index in [-0.39, 0.29) is 24.2 Å². The van der Waals surface area contributed by atoms with Crippen molar-refractivity contribution in [1.29, 1.82) is 0 Å². The Hall–Kier alpha value is -1.26. The third-order valence-electron chi connectivity index (χ3n) is 3.91. The Balaban J connectivity index is 2.03. The molecule has 0 aromatic heterocycles. The molecule has 4 nitrogen and oxygen atoms in total. The van der Waals surface area contributed by atoms with Crippen LogP contribution in [0.2, 0.25) is 10.0 Å². The average Bonchev–Trinajstić information content (AvgIpc) is 2.50. The van der Waals surface area contributed by atoms with Gasteiger partial charge in [0.1, 0.15) is 0 Å². The lowest BCUT2D eigenvalue weighted by molar-refractivity contribution is -0.138. The van der Waals surface area contributed by atoms with Gasteiger partial charge in [-0.25, -0.2) is 0 Å². The van der Waals surface area contributed by atoms with Gasteiger partial charge in [-0.1, -0.05) is 23.2 Å². The van der Waals surface area contributed by atoms with Crippen LogP contribution in [0.3, 0.4) is 0 Å². The molecule has 2 rings (SSSR count). The molecule has 1 saturated heterocycles. The van der Waals surface area contributed by atoms with Crippen molar-refractivity contribution in [2.45, 2.75) is 19.3 Å². The Bertz CT molecular complexity index is 575. The Labute approximate surface area is 141 Å². The second kappa shape index (κ2) is 7.34. The van der Waals surface area contributed by atoms with Crippen molar-refractivity contribution in [3.63, 3.8) is 0 Å². The summed E-state index contributed by atoms with van der Waals surface area (Å²) in [4.78, 5) is 27.9. The number of hydrogen-bond acceptors (Lipinski definition) is 2. The van der Waals surface area contributed by atoms with Gasteiger partial charge in [-0.3, -0.25) is 9.59 Å². The highest BCUT2D eigenvalue weighted by Crippen LogP contribution is 2.23. The van der Waals surface area contributed by atoms with Crippen LogP contribution in [0.4, 0.5) is 0 Å². The fourth-order valence-corrected chi connectivity index (χ4v) is 3.10. The average molecular weight is 343 g/mol. The standard InChI is InChI=1S/C16H20Cl2N2O2/c1-19(2)16(22)11-4-3-7-20(10-11)15(21)9-12-8-13(17)5-6-14(12)18/h5-6,8,11H,3-4,7,9-10H2,1-2H3. The molecule has 1 aliphatic heterocycles. The van der Waals surface area contributed by atoms with E-state index in [2.05, 4.69) is 0 Å². The Morgan fingerprint density at radius 2 is 2.05 bits per heavy atom. The molecular formula is C16H20Cl2N2O2. The van der Waals surface area contributed by atoms with Crippen LogP contribution in [0.1, 0.15) is 18.4 Å². The molecule has 1 aromatic carbocycles. The van der Waals surface area contributed by atoms with Gasteiger partial charge < -0.3 is 9.80 Å². The van der Waals surface area contributed by atoms with E-state index in [0.29, 0.717) is 23.1 Å². The number of carbonyl (C=O) groups is 2. The zero-order valence-electron chi connectivity index (χ0n) is 12.8. The Kier molecular flexibility index (Phi) is 5.70. The van der Waals surface area contributed by atoms with Crippen LogP contribution in [0, 0.1) is 5.92 Å². The van der Waals surface area contributed by atoms with Gasteiger partial charge in [0.2, 0.25) is 11.8 Å². The van der Waals surface area contributed by atoms with Gasteiger partial charge in [0.25, 0.3) is 0 Å². The number of nitrogens with zero attached hydrogens (tertiary/aromatic N) is 2. The number of hydrogen-bond donors (Lipinski definition) is 0. The first-order chi connectivity index (χ1) is 10.4. The molecule has 0 radical (unpaired) electrons. The van der Waals surface area contributed by atoms with Gasteiger partial charge in [0.15, 0.2) is 0 Å². The first kappa shape index (κ1) is 17.1. The number of likely N-dealkylation sites (tertiary alicyclic amines) is 1. The summed E-state index contributed by atoms with van der Waals surface area (Å²) in [6.07, 6.45) is 1.89. The highest BCUT2D eigenvalue weighted by Gasteiger charge is 2.29. The van der Waals surface area contributed by atoms with Crippen LogP contribution in [0.5, 0.6) is 0 Å². The number of halogens is 2. The second-order valence-electron chi connectivity index (χ2n) is 5.82. The van der Waals surface area contributed by atoms with Gasteiger partial charge in [-0.05, 0) is 36.6 Å². The van der Waals surface area contributed by atoms with Crippen molar-refractivity contribution in [3.05, 3.63) is 33.8 Å². The fourth-order valence-electron chi connectivity index (χ4n) is 2.72. The lowest BCUT2D eigenvalue weighted by Crippen LogP contribution is -2.45. The molecule has 0 N–H and O–H groups in total. The summed E-state index contributed by atoms with van der Waals surface area (Å²) in [6, 6.07) is 5.11. The van der Waals surface area contributed by atoms with Crippen LogP contribution in [-0.4, -0.2) is 48.8 Å². The number of piperidine rings is 1. The number of carbonyl (C=O) groups excluding carboxylic acids is 2. The van der Waals surface area contributed by atoms with Crippen LogP contribution < -0.4 is 0 Å². The molecule has 2 amide bonds. The molecule has 1 aliphatic rings. The van der Waals surface area contributed by atoms with Crippen molar-refractivity contribution < 1.29 is 9.59 Å². The number of amides is 2. The quantitative estimate of drug-likeness (QED) is 0.847. The maximum absolute atomic E-state index is 12.5. The lowest BCUT2D eigenvalue weighted by Gasteiger charge is -2.33. The molecule has 0 spiro atoms. The Morgan fingerprint density at radius 3 is 2.73 bits per heavy atom. The maximum Gasteiger partial charge on any atom is 0.227 e. The number of benzene rings is 1. The smallest absolute Gasteiger partial charge is 0.227 e. The van der Waals surface area contributed by atoms with Crippen molar-refractivity contribution in [2.75, 3.05) is 27.2 Å².